The lowest BCUT2D eigenvalue weighted by Crippen LogP contribution is -2.44. The van der Waals surface area contributed by atoms with Gasteiger partial charge in [-0.15, -0.1) is 0 Å². The Kier molecular flexibility index (Phi) is 4.91. The molecule has 3 N–H and O–H groups in total. The molecule has 1 heterocycles. The highest BCUT2D eigenvalue weighted by Crippen LogP contribution is 2.12. The van der Waals surface area contributed by atoms with Gasteiger partial charge in [0, 0.05) is 32.8 Å². The van der Waals surface area contributed by atoms with Crippen LogP contribution in [-0.4, -0.2) is 40.0 Å². The third-order valence-electron chi connectivity index (χ3n) is 2.71. The molecule has 0 spiro atoms. The standard InChI is InChI=1S/C12H20N4O3/c1-12(2,10(17)18)8-14-11(19)13-6-4-9-5-7-16(3)15-9/h5,7H,4,6,8H2,1-3H3,(H,17,18)(H2,13,14,19). The van der Waals surface area contributed by atoms with Crippen molar-refractivity contribution in [2.75, 3.05) is 13.1 Å². The molecule has 0 unspecified atom stereocenters. The Morgan fingerprint density at radius 2 is 2.11 bits per heavy atom. The number of nitrogens with zero attached hydrogens (tertiary/aromatic N) is 2. The van der Waals surface area contributed by atoms with Crippen LogP contribution in [0.2, 0.25) is 0 Å². The molecule has 0 aliphatic rings. The van der Waals surface area contributed by atoms with Crippen LogP contribution >= 0.6 is 0 Å². The summed E-state index contributed by atoms with van der Waals surface area (Å²) in [6, 6.07) is 1.51. The van der Waals surface area contributed by atoms with Crippen LogP contribution in [0.3, 0.4) is 0 Å². The summed E-state index contributed by atoms with van der Waals surface area (Å²) in [6.07, 6.45) is 2.47. The molecule has 0 atom stereocenters. The van der Waals surface area contributed by atoms with Gasteiger partial charge >= 0.3 is 12.0 Å². The summed E-state index contributed by atoms with van der Waals surface area (Å²) < 4.78 is 1.70. The second-order valence-electron chi connectivity index (χ2n) is 5.03. The third-order valence-corrected chi connectivity index (χ3v) is 2.71. The molecule has 2 amide bonds. The fourth-order valence-electron chi connectivity index (χ4n) is 1.34. The lowest BCUT2D eigenvalue weighted by Gasteiger charge is -2.19. The van der Waals surface area contributed by atoms with Gasteiger partial charge in [0.05, 0.1) is 11.1 Å². The monoisotopic (exact) mass is 268 g/mol. The van der Waals surface area contributed by atoms with Gasteiger partial charge < -0.3 is 15.7 Å². The number of carboxylic acids is 1. The second kappa shape index (κ2) is 6.21. The second-order valence-corrected chi connectivity index (χ2v) is 5.03. The molecule has 1 aromatic heterocycles. The Morgan fingerprint density at radius 1 is 1.42 bits per heavy atom. The van der Waals surface area contributed by atoms with Crippen molar-refractivity contribution in [3.05, 3.63) is 18.0 Å². The molecule has 0 aromatic carbocycles. The quantitative estimate of drug-likeness (QED) is 0.694. The first-order valence-electron chi connectivity index (χ1n) is 6.05. The third kappa shape index (κ3) is 4.99. The summed E-state index contributed by atoms with van der Waals surface area (Å²) in [6.45, 7) is 3.65. The molecule has 0 radical (unpaired) electrons. The molecule has 0 saturated heterocycles. The molecule has 7 heteroatoms. The fraction of sp³-hybridized carbons (Fsp3) is 0.583. The summed E-state index contributed by atoms with van der Waals surface area (Å²) in [4.78, 5) is 22.3. The number of carbonyl (C=O) groups excluding carboxylic acids is 1. The lowest BCUT2D eigenvalue weighted by molar-refractivity contribution is -0.146. The van der Waals surface area contributed by atoms with E-state index < -0.39 is 11.4 Å². The van der Waals surface area contributed by atoms with Gasteiger partial charge in [-0.25, -0.2) is 4.79 Å². The zero-order valence-corrected chi connectivity index (χ0v) is 11.4. The van der Waals surface area contributed by atoms with E-state index in [1.54, 1.807) is 18.5 Å². The molecule has 0 saturated carbocycles. The van der Waals surface area contributed by atoms with Crippen molar-refractivity contribution in [3.8, 4) is 0 Å². The summed E-state index contributed by atoms with van der Waals surface area (Å²) in [5.41, 5.74) is -0.0770. The topological polar surface area (TPSA) is 96.2 Å². The number of amides is 2. The summed E-state index contributed by atoms with van der Waals surface area (Å²) in [5.74, 6) is -0.943. The van der Waals surface area contributed by atoms with E-state index in [1.807, 2.05) is 19.3 Å². The van der Waals surface area contributed by atoms with E-state index in [2.05, 4.69) is 15.7 Å². The van der Waals surface area contributed by atoms with E-state index in [9.17, 15) is 9.59 Å². The van der Waals surface area contributed by atoms with Crippen molar-refractivity contribution in [3.63, 3.8) is 0 Å². The number of urea groups is 1. The van der Waals surface area contributed by atoms with Crippen molar-refractivity contribution >= 4 is 12.0 Å². The number of carboxylic acid groups (broad SMARTS) is 1. The summed E-state index contributed by atoms with van der Waals surface area (Å²) in [5, 5.41) is 18.3. The Morgan fingerprint density at radius 3 is 2.63 bits per heavy atom. The number of nitrogens with one attached hydrogen (secondary N) is 2. The Labute approximate surface area is 112 Å². The molecule has 0 bridgehead atoms. The van der Waals surface area contributed by atoms with E-state index in [-0.39, 0.29) is 12.6 Å². The SMILES string of the molecule is Cn1ccc(CCNC(=O)NCC(C)(C)C(=O)O)n1. The van der Waals surface area contributed by atoms with E-state index >= 15 is 0 Å². The first kappa shape index (κ1) is 15.0. The van der Waals surface area contributed by atoms with E-state index in [1.165, 1.54) is 0 Å². The summed E-state index contributed by atoms with van der Waals surface area (Å²) >= 11 is 0. The average Bonchev–Trinajstić information content (AvgIpc) is 2.72. The van der Waals surface area contributed by atoms with Crippen molar-refractivity contribution in [1.82, 2.24) is 20.4 Å². The molecule has 0 fully saturated rings. The first-order chi connectivity index (χ1) is 8.81. The molecular weight excluding hydrogens is 248 g/mol. The van der Waals surface area contributed by atoms with Crippen LogP contribution in [0.1, 0.15) is 19.5 Å². The van der Waals surface area contributed by atoms with Crippen LogP contribution in [0.25, 0.3) is 0 Å². The van der Waals surface area contributed by atoms with Crippen molar-refractivity contribution < 1.29 is 14.7 Å². The van der Waals surface area contributed by atoms with Gasteiger partial charge in [0.2, 0.25) is 0 Å². The molecule has 106 valence electrons. The highest BCUT2D eigenvalue weighted by atomic mass is 16.4. The van der Waals surface area contributed by atoms with Gasteiger partial charge in [-0.05, 0) is 19.9 Å². The van der Waals surface area contributed by atoms with E-state index in [4.69, 9.17) is 5.11 Å². The molecule has 19 heavy (non-hydrogen) atoms. The van der Waals surface area contributed by atoms with E-state index in [0.717, 1.165) is 5.69 Å². The van der Waals surface area contributed by atoms with Crippen LogP contribution in [0.5, 0.6) is 0 Å². The van der Waals surface area contributed by atoms with Crippen LogP contribution in [0, 0.1) is 5.41 Å². The number of carbonyl (C=O) groups is 2. The van der Waals surface area contributed by atoms with E-state index in [0.29, 0.717) is 13.0 Å². The van der Waals surface area contributed by atoms with Gasteiger partial charge in [0.1, 0.15) is 0 Å². The lowest BCUT2D eigenvalue weighted by atomic mass is 9.94. The predicted octanol–water partition coefficient (Wildman–Crippen LogP) is 0.373. The number of rotatable bonds is 6. The Bertz CT molecular complexity index is 454. The Hall–Kier alpha value is -2.05. The maximum atomic E-state index is 11.5. The molecule has 1 aromatic rings. The molecular formula is C12H20N4O3. The molecule has 7 nitrogen and oxygen atoms in total. The van der Waals surface area contributed by atoms with Gasteiger partial charge in [-0.2, -0.15) is 5.10 Å². The zero-order chi connectivity index (χ0) is 14.5. The highest BCUT2D eigenvalue weighted by Gasteiger charge is 2.27. The van der Waals surface area contributed by atoms with Gasteiger partial charge in [0.25, 0.3) is 0 Å². The summed E-state index contributed by atoms with van der Waals surface area (Å²) in [7, 11) is 1.83. The fourth-order valence-corrected chi connectivity index (χ4v) is 1.34. The Balaban J connectivity index is 2.23. The van der Waals surface area contributed by atoms with Crippen LogP contribution in [-0.2, 0) is 18.3 Å². The number of hydrogen-bond acceptors (Lipinski definition) is 3. The maximum Gasteiger partial charge on any atom is 0.314 e. The minimum Gasteiger partial charge on any atom is -0.481 e. The number of aliphatic carboxylic acids is 1. The minimum atomic E-state index is -0.974. The van der Waals surface area contributed by atoms with Gasteiger partial charge in [-0.3, -0.25) is 9.48 Å². The molecule has 1 rings (SSSR count). The molecule has 0 aliphatic carbocycles. The van der Waals surface area contributed by atoms with Gasteiger partial charge in [0.15, 0.2) is 0 Å². The highest BCUT2D eigenvalue weighted by molar-refractivity contribution is 5.77. The van der Waals surface area contributed by atoms with Crippen molar-refractivity contribution in [2.45, 2.75) is 20.3 Å². The van der Waals surface area contributed by atoms with Crippen molar-refractivity contribution in [2.24, 2.45) is 12.5 Å². The van der Waals surface area contributed by atoms with Crippen LogP contribution < -0.4 is 10.6 Å². The minimum absolute atomic E-state index is 0.0811. The largest absolute Gasteiger partial charge is 0.481 e. The van der Waals surface area contributed by atoms with Crippen LogP contribution in [0.4, 0.5) is 4.79 Å². The average molecular weight is 268 g/mol. The first-order valence-corrected chi connectivity index (χ1v) is 6.05. The number of aromatic nitrogens is 2. The predicted molar refractivity (Wildman–Crippen MR) is 69.7 cm³/mol. The molecule has 0 aliphatic heterocycles. The number of hydrogen-bond donors (Lipinski definition) is 3. The maximum absolute atomic E-state index is 11.5. The zero-order valence-electron chi connectivity index (χ0n) is 11.4. The normalized spacial score (nSPS) is 11.1. The van der Waals surface area contributed by atoms with Crippen LogP contribution in [0.15, 0.2) is 12.3 Å². The van der Waals surface area contributed by atoms with Gasteiger partial charge in [-0.1, -0.05) is 0 Å². The smallest absolute Gasteiger partial charge is 0.314 e. The van der Waals surface area contributed by atoms with Crippen molar-refractivity contribution in [1.29, 1.82) is 0 Å². The number of aryl methyl sites for hydroxylation is 1.